The molecular weight excluding hydrogens is 220 g/mol. The zero-order valence-corrected chi connectivity index (χ0v) is 10.1. The molecule has 2 fully saturated rings. The number of anilines is 1. The van der Waals surface area contributed by atoms with Crippen molar-refractivity contribution in [3.63, 3.8) is 0 Å². The summed E-state index contributed by atoms with van der Waals surface area (Å²) >= 11 is 0. The summed E-state index contributed by atoms with van der Waals surface area (Å²) in [5.74, 6) is 0.610. The first-order chi connectivity index (χ1) is 8.26. The first kappa shape index (κ1) is 11.0. The Balaban J connectivity index is 1.63. The molecule has 0 radical (unpaired) electrons. The van der Waals surface area contributed by atoms with Gasteiger partial charge >= 0.3 is 6.01 Å². The van der Waals surface area contributed by atoms with E-state index in [0.717, 1.165) is 12.8 Å². The molecule has 6 heteroatoms. The van der Waals surface area contributed by atoms with Gasteiger partial charge in [-0.05, 0) is 33.2 Å². The molecule has 2 bridgehead atoms. The van der Waals surface area contributed by atoms with E-state index in [2.05, 4.69) is 20.8 Å². The number of ether oxygens (including phenoxy) is 1. The number of nitrogens with one attached hydrogen (secondary N) is 2. The van der Waals surface area contributed by atoms with Gasteiger partial charge in [-0.2, -0.15) is 0 Å². The van der Waals surface area contributed by atoms with E-state index in [4.69, 9.17) is 9.15 Å². The third-order valence-electron chi connectivity index (χ3n) is 3.66. The molecule has 0 aromatic carbocycles. The molecule has 2 N–H and O–H groups in total. The van der Waals surface area contributed by atoms with Crippen LogP contribution in [0.5, 0.6) is 0 Å². The van der Waals surface area contributed by atoms with Crippen LogP contribution in [0.15, 0.2) is 4.42 Å². The standard InChI is InChI=1S/C11H18N4O2/c1-6(12-2)10-14-15-11(17-10)13-8-5-7-3-4-9(8)16-7/h6-9,12H,3-5H2,1-2H3,(H,13,15). The van der Waals surface area contributed by atoms with Crippen molar-refractivity contribution >= 4 is 6.01 Å². The minimum atomic E-state index is 0.0781. The molecule has 2 aliphatic heterocycles. The van der Waals surface area contributed by atoms with Crippen molar-refractivity contribution < 1.29 is 9.15 Å². The predicted molar refractivity (Wildman–Crippen MR) is 61.7 cm³/mol. The smallest absolute Gasteiger partial charge is 0.315 e. The molecule has 2 saturated heterocycles. The van der Waals surface area contributed by atoms with Crippen LogP contribution in [-0.2, 0) is 4.74 Å². The summed E-state index contributed by atoms with van der Waals surface area (Å²) in [6.45, 7) is 1.98. The summed E-state index contributed by atoms with van der Waals surface area (Å²) in [6, 6.07) is 0.907. The Hall–Kier alpha value is -1.14. The molecule has 3 heterocycles. The molecule has 0 spiro atoms. The molecule has 4 unspecified atom stereocenters. The molecule has 17 heavy (non-hydrogen) atoms. The maximum atomic E-state index is 5.77. The van der Waals surface area contributed by atoms with Crippen molar-refractivity contribution in [3.05, 3.63) is 5.89 Å². The van der Waals surface area contributed by atoms with Gasteiger partial charge in [-0.15, -0.1) is 5.10 Å². The lowest BCUT2D eigenvalue weighted by Crippen LogP contribution is -2.30. The number of rotatable bonds is 4. The second-order valence-corrected chi connectivity index (χ2v) is 4.82. The second kappa shape index (κ2) is 4.27. The minimum absolute atomic E-state index is 0.0781. The summed E-state index contributed by atoms with van der Waals surface area (Å²) in [6.07, 6.45) is 4.11. The fourth-order valence-electron chi connectivity index (χ4n) is 2.54. The third kappa shape index (κ3) is 2.02. The number of hydrogen-bond donors (Lipinski definition) is 2. The highest BCUT2D eigenvalue weighted by Gasteiger charge is 2.41. The van der Waals surface area contributed by atoms with E-state index in [-0.39, 0.29) is 6.04 Å². The van der Waals surface area contributed by atoms with Crippen LogP contribution in [0.4, 0.5) is 6.01 Å². The highest BCUT2D eigenvalue weighted by molar-refractivity contribution is 5.22. The Bertz CT molecular complexity index is 395. The molecule has 94 valence electrons. The van der Waals surface area contributed by atoms with Crippen LogP contribution in [0.2, 0.25) is 0 Å². The van der Waals surface area contributed by atoms with Gasteiger partial charge in [-0.25, -0.2) is 0 Å². The van der Waals surface area contributed by atoms with Crippen molar-refractivity contribution in [1.82, 2.24) is 15.5 Å². The molecule has 6 nitrogen and oxygen atoms in total. The van der Waals surface area contributed by atoms with Crippen molar-refractivity contribution in [3.8, 4) is 0 Å². The average molecular weight is 238 g/mol. The fourth-order valence-corrected chi connectivity index (χ4v) is 2.54. The van der Waals surface area contributed by atoms with Gasteiger partial charge in [0.2, 0.25) is 5.89 Å². The van der Waals surface area contributed by atoms with Gasteiger partial charge in [0.15, 0.2) is 0 Å². The topological polar surface area (TPSA) is 72.2 Å². The molecule has 1 aromatic rings. The second-order valence-electron chi connectivity index (χ2n) is 4.82. The molecule has 2 aliphatic rings. The Labute approximate surface area is 100 Å². The highest BCUT2D eigenvalue weighted by atomic mass is 16.5. The lowest BCUT2D eigenvalue weighted by molar-refractivity contribution is 0.102. The maximum Gasteiger partial charge on any atom is 0.315 e. The zero-order chi connectivity index (χ0) is 11.8. The molecule has 4 atom stereocenters. The van der Waals surface area contributed by atoms with Gasteiger partial charge in [0.1, 0.15) is 0 Å². The van der Waals surface area contributed by atoms with Crippen LogP contribution in [0.25, 0.3) is 0 Å². The number of nitrogens with zero attached hydrogens (tertiary/aromatic N) is 2. The van der Waals surface area contributed by atoms with E-state index in [1.807, 2.05) is 14.0 Å². The van der Waals surface area contributed by atoms with Crippen LogP contribution >= 0.6 is 0 Å². The summed E-state index contributed by atoms with van der Waals surface area (Å²) in [4.78, 5) is 0. The monoisotopic (exact) mass is 238 g/mol. The van der Waals surface area contributed by atoms with Crippen molar-refractivity contribution in [1.29, 1.82) is 0 Å². The Morgan fingerprint density at radius 3 is 2.88 bits per heavy atom. The van der Waals surface area contributed by atoms with Crippen LogP contribution in [0.3, 0.4) is 0 Å². The van der Waals surface area contributed by atoms with E-state index in [1.54, 1.807) is 0 Å². The third-order valence-corrected chi connectivity index (χ3v) is 3.66. The molecule has 0 saturated carbocycles. The largest absolute Gasteiger partial charge is 0.406 e. The van der Waals surface area contributed by atoms with Gasteiger partial charge < -0.3 is 19.8 Å². The van der Waals surface area contributed by atoms with Crippen molar-refractivity contribution in [2.45, 2.75) is 50.5 Å². The van der Waals surface area contributed by atoms with E-state index >= 15 is 0 Å². The van der Waals surface area contributed by atoms with Gasteiger partial charge in [-0.3, -0.25) is 0 Å². The quantitative estimate of drug-likeness (QED) is 0.818. The minimum Gasteiger partial charge on any atom is -0.406 e. The maximum absolute atomic E-state index is 5.77. The van der Waals surface area contributed by atoms with Crippen LogP contribution in [0, 0.1) is 0 Å². The van der Waals surface area contributed by atoms with Gasteiger partial charge in [0.05, 0.1) is 24.3 Å². The van der Waals surface area contributed by atoms with E-state index < -0.39 is 0 Å². The van der Waals surface area contributed by atoms with E-state index in [9.17, 15) is 0 Å². The Morgan fingerprint density at radius 1 is 1.35 bits per heavy atom. The van der Waals surface area contributed by atoms with Crippen LogP contribution in [0.1, 0.15) is 38.1 Å². The predicted octanol–water partition coefficient (Wildman–Crippen LogP) is 1.08. The number of fused-ring (bicyclic) bond motifs is 2. The highest BCUT2D eigenvalue weighted by Crippen LogP contribution is 2.35. The van der Waals surface area contributed by atoms with Gasteiger partial charge in [-0.1, -0.05) is 5.10 Å². The van der Waals surface area contributed by atoms with Gasteiger partial charge in [0.25, 0.3) is 0 Å². The summed E-state index contributed by atoms with van der Waals surface area (Å²) in [5.41, 5.74) is 0. The Kier molecular flexibility index (Phi) is 2.76. The SMILES string of the molecule is CNC(C)c1nnc(NC2CC3CCC2O3)o1. The van der Waals surface area contributed by atoms with Crippen molar-refractivity contribution in [2.75, 3.05) is 12.4 Å². The average Bonchev–Trinajstić information content (AvgIpc) is 3.03. The van der Waals surface area contributed by atoms with E-state index in [0.29, 0.717) is 30.2 Å². The van der Waals surface area contributed by atoms with Crippen LogP contribution in [-0.4, -0.2) is 35.5 Å². The molecular formula is C11H18N4O2. The number of hydrogen-bond acceptors (Lipinski definition) is 6. The molecule has 0 aliphatic carbocycles. The lowest BCUT2D eigenvalue weighted by atomic mass is 9.96. The Morgan fingerprint density at radius 2 is 2.24 bits per heavy atom. The molecule has 0 amide bonds. The fraction of sp³-hybridized carbons (Fsp3) is 0.818. The number of aromatic nitrogens is 2. The van der Waals surface area contributed by atoms with Crippen LogP contribution < -0.4 is 10.6 Å². The lowest BCUT2D eigenvalue weighted by Gasteiger charge is -2.18. The molecule has 3 rings (SSSR count). The first-order valence-electron chi connectivity index (χ1n) is 6.19. The summed E-state index contributed by atoms with van der Waals surface area (Å²) in [5, 5.41) is 14.4. The summed E-state index contributed by atoms with van der Waals surface area (Å²) < 4.78 is 11.3. The normalized spacial score (nSPS) is 32.9. The van der Waals surface area contributed by atoms with Gasteiger partial charge in [0, 0.05) is 0 Å². The summed E-state index contributed by atoms with van der Waals surface area (Å²) in [7, 11) is 1.87. The van der Waals surface area contributed by atoms with Crippen molar-refractivity contribution in [2.24, 2.45) is 0 Å². The first-order valence-corrected chi connectivity index (χ1v) is 6.19. The molecule has 1 aromatic heterocycles. The van der Waals surface area contributed by atoms with E-state index in [1.165, 1.54) is 6.42 Å². The zero-order valence-electron chi connectivity index (χ0n) is 10.1.